The zero-order valence-electron chi connectivity index (χ0n) is 11.8. The molecule has 1 aliphatic heterocycles. The molecule has 0 aromatic carbocycles. The molecule has 0 bridgehead atoms. The highest BCUT2D eigenvalue weighted by atomic mass is 32.2. The van der Waals surface area contributed by atoms with Gasteiger partial charge in [-0.05, 0) is 19.8 Å². The monoisotopic (exact) mass is 286 g/mol. The first-order chi connectivity index (χ1) is 8.93. The summed E-state index contributed by atoms with van der Waals surface area (Å²) in [6.45, 7) is 3.60. The van der Waals surface area contributed by atoms with Gasteiger partial charge in [0.25, 0.3) is 10.2 Å². The lowest BCUT2D eigenvalue weighted by atomic mass is 10.2. The molecule has 1 aromatic heterocycles. The fraction of sp³-hybridized carbons (Fsp3) is 0.750. The number of aromatic nitrogens is 2. The highest BCUT2D eigenvalue weighted by Gasteiger charge is 2.28. The maximum atomic E-state index is 12.4. The van der Waals surface area contributed by atoms with Crippen molar-refractivity contribution in [3.63, 3.8) is 0 Å². The lowest BCUT2D eigenvalue weighted by molar-refractivity contribution is 0.314. The van der Waals surface area contributed by atoms with Gasteiger partial charge < -0.3 is 0 Å². The Labute approximate surface area is 115 Å². The molecule has 0 spiro atoms. The molecule has 0 unspecified atom stereocenters. The molecule has 0 amide bonds. The second-order valence-corrected chi connectivity index (χ2v) is 7.14. The molecule has 1 aromatic rings. The third-order valence-corrected chi connectivity index (χ3v) is 5.70. The summed E-state index contributed by atoms with van der Waals surface area (Å²) in [5.41, 5.74) is 1.95. The first kappa shape index (κ1) is 14.5. The van der Waals surface area contributed by atoms with Crippen LogP contribution in [-0.2, 0) is 23.8 Å². The molecule has 1 aliphatic rings. The second-order valence-electron chi connectivity index (χ2n) is 5.10. The van der Waals surface area contributed by atoms with E-state index in [1.54, 1.807) is 22.2 Å². The fourth-order valence-corrected chi connectivity index (χ4v) is 3.73. The van der Waals surface area contributed by atoms with Crippen molar-refractivity contribution in [3.8, 4) is 0 Å². The Bertz CT molecular complexity index is 532. The Balaban J connectivity index is 2.10. The fourth-order valence-electron chi connectivity index (χ4n) is 2.31. The van der Waals surface area contributed by atoms with E-state index in [-0.39, 0.29) is 0 Å². The van der Waals surface area contributed by atoms with Gasteiger partial charge in [0.05, 0.1) is 6.20 Å². The van der Waals surface area contributed by atoms with Gasteiger partial charge in [-0.25, -0.2) is 0 Å². The van der Waals surface area contributed by atoms with Gasteiger partial charge in [-0.1, -0.05) is 6.42 Å². The number of nitrogens with zero attached hydrogens (tertiary/aromatic N) is 4. The van der Waals surface area contributed by atoms with Crippen LogP contribution in [0.5, 0.6) is 0 Å². The van der Waals surface area contributed by atoms with E-state index in [4.69, 9.17) is 0 Å². The molecule has 0 radical (unpaired) electrons. The van der Waals surface area contributed by atoms with Crippen molar-refractivity contribution in [2.24, 2.45) is 7.05 Å². The van der Waals surface area contributed by atoms with E-state index in [1.165, 1.54) is 4.31 Å². The molecule has 6 nitrogen and oxygen atoms in total. The van der Waals surface area contributed by atoms with Crippen LogP contribution in [0.4, 0.5) is 0 Å². The van der Waals surface area contributed by atoms with Crippen molar-refractivity contribution in [1.29, 1.82) is 0 Å². The molecular formula is C12H22N4O2S. The van der Waals surface area contributed by atoms with E-state index in [0.29, 0.717) is 19.6 Å². The van der Waals surface area contributed by atoms with Crippen LogP contribution in [0.25, 0.3) is 0 Å². The van der Waals surface area contributed by atoms with Crippen LogP contribution < -0.4 is 0 Å². The molecule has 0 N–H and O–H groups in total. The van der Waals surface area contributed by atoms with Gasteiger partial charge in [0.2, 0.25) is 0 Å². The van der Waals surface area contributed by atoms with Gasteiger partial charge in [0.1, 0.15) is 0 Å². The Kier molecular flexibility index (Phi) is 4.27. The average molecular weight is 286 g/mol. The van der Waals surface area contributed by atoms with Crippen LogP contribution in [0.1, 0.15) is 30.5 Å². The number of aryl methyl sites for hydroxylation is 1. The summed E-state index contributed by atoms with van der Waals surface area (Å²) in [4.78, 5) is 0. The van der Waals surface area contributed by atoms with E-state index >= 15 is 0 Å². The van der Waals surface area contributed by atoms with Crippen LogP contribution in [0.15, 0.2) is 6.20 Å². The normalized spacial score (nSPS) is 18.1. The van der Waals surface area contributed by atoms with E-state index in [2.05, 4.69) is 5.10 Å². The molecular weight excluding hydrogens is 264 g/mol. The van der Waals surface area contributed by atoms with Gasteiger partial charge in [0.15, 0.2) is 0 Å². The average Bonchev–Trinajstić information content (AvgIpc) is 2.71. The lowest BCUT2D eigenvalue weighted by Gasteiger charge is -2.30. The number of rotatable bonds is 4. The molecule has 19 heavy (non-hydrogen) atoms. The molecule has 0 atom stereocenters. The van der Waals surface area contributed by atoms with Gasteiger partial charge >= 0.3 is 0 Å². The summed E-state index contributed by atoms with van der Waals surface area (Å²) >= 11 is 0. The Morgan fingerprint density at radius 1 is 1.32 bits per heavy atom. The highest BCUT2D eigenvalue weighted by molar-refractivity contribution is 7.86. The maximum absolute atomic E-state index is 12.4. The van der Waals surface area contributed by atoms with Crippen molar-refractivity contribution in [1.82, 2.24) is 18.4 Å². The molecule has 1 fully saturated rings. The van der Waals surface area contributed by atoms with Crippen molar-refractivity contribution in [2.75, 3.05) is 20.1 Å². The van der Waals surface area contributed by atoms with Crippen molar-refractivity contribution < 1.29 is 8.42 Å². The minimum Gasteiger partial charge on any atom is -0.273 e. The summed E-state index contributed by atoms with van der Waals surface area (Å²) in [5.74, 6) is 0. The second kappa shape index (κ2) is 5.60. The number of piperidine rings is 1. The third-order valence-electron chi connectivity index (χ3n) is 3.77. The molecule has 2 heterocycles. The predicted molar refractivity (Wildman–Crippen MR) is 73.8 cm³/mol. The Morgan fingerprint density at radius 3 is 2.47 bits per heavy atom. The summed E-state index contributed by atoms with van der Waals surface area (Å²) in [6, 6.07) is 0. The molecule has 108 valence electrons. The molecule has 7 heteroatoms. The van der Waals surface area contributed by atoms with Crippen LogP contribution in [0, 0.1) is 6.92 Å². The van der Waals surface area contributed by atoms with Crippen LogP contribution >= 0.6 is 0 Å². The van der Waals surface area contributed by atoms with Crippen LogP contribution in [-0.4, -0.2) is 46.9 Å². The molecule has 1 saturated heterocycles. The molecule has 2 rings (SSSR count). The highest BCUT2D eigenvalue weighted by Crippen LogP contribution is 2.18. The summed E-state index contributed by atoms with van der Waals surface area (Å²) in [5, 5.41) is 4.15. The Morgan fingerprint density at radius 2 is 1.95 bits per heavy atom. The van der Waals surface area contributed by atoms with Crippen molar-refractivity contribution >= 4 is 10.2 Å². The van der Waals surface area contributed by atoms with Gasteiger partial charge in [-0.15, -0.1) is 0 Å². The molecule has 0 aliphatic carbocycles. The SMILES string of the molecule is Cc1c(CN(C)S(=O)(=O)N2CCCCC2)cnn1C. The van der Waals surface area contributed by atoms with Crippen molar-refractivity contribution in [2.45, 2.75) is 32.7 Å². The van der Waals surface area contributed by atoms with Gasteiger partial charge in [-0.3, -0.25) is 4.68 Å². The first-order valence-corrected chi connectivity index (χ1v) is 8.01. The van der Waals surface area contributed by atoms with Crippen LogP contribution in [0.2, 0.25) is 0 Å². The Hall–Kier alpha value is -0.920. The standard InChI is InChI=1S/C12H22N4O2S/c1-11-12(9-13-15(11)3)10-14(2)19(17,18)16-7-5-4-6-8-16/h9H,4-8,10H2,1-3H3. The zero-order valence-corrected chi connectivity index (χ0v) is 12.7. The zero-order chi connectivity index (χ0) is 14.0. The lowest BCUT2D eigenvalue weighted by Crippen LogP contribution is -2.44. The minimum absolute atomic E-state index is 0.374. The summed E-state index contributed by atoms with van der Waals surface area (Å²) in [6.07, 6.45) is 4.77. The summed E-state index contributed by atoms with van der Waals surface area (Å²) in [7, 11) is 0.156. The third kappa shape index (κ3) is 2.98. The predicted octanol–water partition coefficient (Wildman–Crippen LogP) is 0.891. The minimum atomic E-state index is -3.34. The van der Waals surface area contributed by atoms with Crippen molar-refractivity contribution in [3.05, 3.63) is 17.5 Å². The summed E-state index contributed by atoms with van der Waals surface area (Å²) < 4.78 is 29.6. The van der Waals surface area contributed by atoms with Gasteiger partial charge in [-0.2, -0.15) is 22.1 Å². The van der Waals surface area contributed by atoms with E-state index < -0.39 is 10.2 Å². The quantitative estimate of drug-likeness (QED) is 0.826. The van der Waals surface area contributed by atoms with Gasteiger partial charge in [0, 0.05) is 45.0 Å². The first-order valence-electron chi connectivity index (χ1n) is 6.62. The largest absolute Gasteiger partial charge is 0.282 e. The maximum Gasteiger partial charge on any atom is 0.282 e. The topological polar surface area (TPSA) is 58.4 Å². The number of hydrogen-bond donors (Lipinski definition) is 0. The van der Waals surface area contributed by atoms with Crippen LogP contribution in [0.3, 0.4) is 0 Å². The number of hydrogen-bond acceptors (Lipinski definition) is 3. The smallest absolute Gasteiger partial charge is 0.273 e. The van der Waals surface area contributed by atoms with E-state index in [0.717, 1.165) is 30.5 Å². The molecule has 0 saturated carbocycles. The van der Waals surface area contributed by atoms with E-state index in [1.807, 2.05) is 14.0 Å². The van der Waals surface area contributed by atoms with E-state index in [9.17, 15) is 8.42 Å².